The molecule has 0 radical (unpaired) electrons. The van der Waals surface area contributed by atoms with E-state index in [1.807, 2.05) is 0 Å². The Labute approximate surface area is 120 Å². The van der Waals surface area contributed by atoms with E-state index in [0.717, 1.165) is 6.07 Å². The lowest BCUT2D eigenvalue weighted by molar-refractivity contribution is -0.385. The Bertz CT molecular complexity index is 560. The van der Waals surface area contributed by atoms with Gasteiger partial charge in [0.25, 0.3) is 0 Å². The normalized spacial score (nSPS) is 11.3. The number of aliphatic carboxylic acids is 1. The van der Waals surface area contributed by atoms with Gasteiger partial charge in [-0.25, -0.2) is 9.59 Å². The van der Waals surface area contributed by atoms with E-state index in [1.54, 1.807) is 6.92 Å². The van der Waals surface area contributed by atoms with Crippen LogP contribution in [-0.2, 0) is 4.79 Å². The van der Waals surface area contributed by atoms with Crippen molar-refractivity contribution in [1.29, 1.82) is 0 Å². The van der Waals surface area contributed by atoms with Gasteiger partial charge in [0.05, 0.1) is 12.0 Å². The van der Waals surface area contributed by atoms with E-state index in [1.165, 1.54) is 19.2 Å². The Morgan fingerprint density at radius 1 is 1.48 bits per heavy atom. The highest BCUT2D eigenvalue weighted by molar-refractivity contribution is 5.92. The number of rotatable bonds is 6. The fraction of sp³-hybridized carbons (Fsp3) is 0.333. The average Bonchev–Trinajstić information content (AvgIpc) is 2.44. The second-order valence-electron chi connectivity index (χ2n) is 4.04. The molecule has 0 bridgehead atoms. The zero-order valence-electron chi connectivity index (χ0n) is 11.5. The topological polar surface area (TPSA) is 131 Å². The number of carbonyl (C=O) groups is 2. The Hall–Kier alpha value is -2.84. The van der Waals surface area contributed by atoms with Crippen molar-refractivity contribution in [1.82, 2.24) is 5.32 Å². The highest BCUT2D eigenvalue weighted by Gasteiger charge is 2.19. The number of anilines is 1. The SMILES string of the molecule is CCC(NC(=O)Nc1ccc(OC)c([N+](=O)[O-])c1)C(=O)O. The van der Waals surface area contributed by atoms with Crippen molar-refractivity contribution in [3.05, 3.63) is 28.3 Å². The molecule has 2 amide bonds. The Morgan fingerprint density at radius 3 is 2.62 bits per heavy atom. The van der Waals surface area contributed by atoms with E-state index in [2.05, 4.69) is 10.6 Å². The summed E-state index contributed by atoms with van der Waals surface area (Å²) >= 11 is 0. The van der Waals surface area contributed by atoms with E-state index < -0.39 is 23.0 Å². The van der Waals surface area contributed by atoms with Crippen LogP contribution in [0.1, 0.15) is 13.3 Å². The number of hydrogen-bond donors (Lipinski definition) is 3. The number of carbonyl (C=O) groups excluding carboxylic acids is 1. The largest absolute Gasteiger partial charge is 0.490 e. The van der Waals surface area contributed by atoms with Gasteiger partial charge in [0, 0.05) is 11.8 Å². The standard InChI is InChI=1S/C12H15N3O6/c1-3-8(11(16)17)14-12(18)13-7-4-5-10(21-2)9(6-7)15(19)20/h4-6,8H,3H2,1-2H3,(H,16,17)(H2,13,14,18). The van der Waals surface area contributed by atoms with Crippen LogP contribution in [0, 0.1) is 10.1 Å². The second kappa shape index (κ2) is 7.08. The van der Waals surface area contributed by atoms with Crippen molar-refractivity contribution in [2.24, 2.45) is 0 Å². The summed E-state index contributed by atoms with van der Waals surface area (Å²) in [6.07, 6.45) is 0.214. The molecular formula is C12H15N3O6. The maximum absolute atomic E-state index is 11.6. The third-order valence-corrected chi connectivity index (χ3v) is 2.65. The molecule has 3 N–H and O–H groups in total. The fourth-order valence-electron chi connectivity index (χ4n) is 1.57. The van der Waals surface area contributed by atoms with Gasteiger partial charge in [-0.05, 0) is 18.6 Å². The molecule has 0 aromatic heterocycles. The van der Waals surface area contributed by atoms with Gasteiger partial charge in [-0.15, -0.1) is 0 Å². The first-order valence-electron chi connectivity index (χ1n) is 6.01. The number of nitro benzene ring substituents is 1. The molecule has 0 fully saturated rings. The van der Waals surface area contributed by atoms with Crippen molar-refractivity contribution in [3.63, 3.8) is 0 Å². The number of benzene rings is 1. The molecule has 1 atom stereocenters. The summed E-state index contributed by atoms with van der Waals surface area (Å²) in [6, 6.07) is 2.08. The molecule has 0 spiro atoms. The predicted octanol–water partition coefficient (Wildman–Crippen LogP) is 1.59. The number of amides is 2. The van der Waals surface area contributed by atoms with Crippen LogP contribution in [0.2, 0.25) is 0 Å². The second-order valence-corrected chi connectivity index (χ2v) is 4.04. The minimum absolute atomic E-state index is 0.0583. The molecule has 21 heavy (non-hydrogen) atoms. The van der Waals surface area contributed by atoms with Crippen molar-refractivity contribution in [2.75, 3.05) is 12.4 Å². The lowest BCUT2D eigenvalue weighted by Crippen LogP contribution is -2.42. The number of hydrogen-bond acceptors (Lipinski definition) is 5. The van der Waals surface area contributed by atoms with Crippen LogP contribution in [-0.4, -0.2) is 35.2 Å². The van der Waals surface area contributed by atoms with Crippen LogP contribution in [0.4, 0.5) is 16.2 Å². The number of methoxy groups -OCH3 is 1. The lowest BCUT2D eigenvalue weighted by atomic mass is 10.2. The first kappa shape index (κ1) is 16.2. The highest BCUT2D eigenvalue weighted by atomic mass is 16.6. The number of nitro groups is 1. The van der Waals surface area contributed by atoms with E-state index in [4.69, 9.17) is 9.84 Å². The van der Waals surface area contributed by atoms with Gasteiger partial charge >= 0.3 is 17.7 Å². The molecule has 9 heteroatoms. The first-order valence-corrected chi connectivity index (χ1v) is 6.01. The molecular weight excluding hydrogens is 282 g/mol. The number of carboxylic acid groups (broad SMARTS) is 1. The number of nitrogens with one attached hydrogen (secondary N) is 2. The van der Waals surface area contributed by atoms with Crippen molar-refractivity contribution < 1.29 is 24.4 Å². The number of ether oxygens (including phenoxy) is 1. The number of carboxylic acids is 1. The first-order chi connectivity index (χ1) is 9.88. The quantitative estimate of drug-likeness (QED) is 0.539. The zero-order valence-corrected chi connectivity index (χ0v) is 11.5. The maximum atomic E-state index is 11.6. The molecule has 114 valence electrons. The maximum Gasteiger partial charge on any atom is 0.326 e. The summed E-state index contributed by atoms with van der Waals surface area (Å²) in [7, 11) is 1.29. The van der Waals surface area contributed by atoms with Gasteiger partial charge in [-0.3, -0.25) is 10.1 Å². The van der Waals surface area contributed by atoms with Gasteiger partial charge in [-0.2, -0.15) is 0 Å². The molecule has 0 saturated heterocycles. The van der Waals surface area contributed by atoms with Crippen LogP contribution in [0.3, 0.4) is 0 Å². The molecule has 0 aliphatic carbocycles. The summed E-state index contributed by atoms with van der Waals surface area (Å²) in [5.74, 6) is -1.10. The van der Waals surface area contributed by atoms with Crippen LogP contribution in [0.5, 0.6) is 5.75 Å². The number of nitrogens with zero attached hydrogens (tertiary/aromatic N) is 1. The molecule has 9 nitrogen and oxygen atoms in total. The number of urea groups is 1. The van der Waals surface area contributed by atoms with E-state index in [-0.39, 0.29) is 23.5 Å². The van der Waals surface area contributed by atoms with Crippen molar-refractivity contribution in [3.8, 4) is 5.75 Å². The Balaban J connectivity index is 2.83. The Kier molecular flexibility index (Phi) is 5.47. The molecule has 0 aliphatic heterocycles. The molecule has 1 aromatic carbocycles. The van der Waals surface area contributed by atoms with Gasteiger partial charge in [0.2, 0.25) is 0 Å². The average molecular weight is 297 g/mol. The summed E-state index contributed by atoms with van der Waals surface area (Å²) in [5, 5.41) is 24.3. The smallest absolute Gasteiger partial charge is 0.326 e. The zero-order chi connectivity index (χ0) is 16.0. The molecule has 0 heterocycles. The van der Waals surface area contributed by atoms with E-state index in [9.17, 15) is 19.7 Å². The van der Waals surface area contributed by atoms with E-state index in [0.29, 0.717) is 0 Å². The summed E-state index contributed by atoms with van der Waals surface area (Å²) in [6.45, 7) is 1.61. The van der Waals surface area contributed by atoms with Gasteiger partial charge in [0.1, 0.15) is 6.04 Å². The Morgan fingerprint density at radius 2 is 2.14 bits per heavy atom. The third-order valence-electron chi connectivity index (χ3n) is 2.65. The van der Waals surface area contributed by atoms with Crippen LogP contribution < -0.4 is 15.4 Å². The van der Waals surface area contributed by atoms with Crippen LogP contribution in [0.25, 0.3) is 0 Å². The summed E-state index contributed by atoms with van der Waals surface area (Å²) < 4.78 is 4.83. The molecule has 1 aromatic rings. The molecule has 0 saturated carbocycles. The summed E-state index contributed by atoms with van der Waals surface area (Å²) in [5.41, 5.74) is -0.152. The van der Waals surface area contributed by atoms with E-state index >= 15 is 0 Å². The monoisotopic (exact) mass is 297 g/mol. The molecule has 1 unspecified atom stereocenters. The fourth-order valence-corrected chi connectivity index (χ4v) is 1.57. The van der Waals surface area contributed by atoms with Crippen molar-refractivity contribution >= 4 is 23.4 Å². The minimum Gasteiger partial charge on any atom is -0.490 e. The predicted molar refractivity (Wildman–Crippen MR) is 73.5 cm³/mol. The van der Waals surface area contributed by atoms with Crippen molar-refractivity contribution in [2.45, 2.75) is 19.4 Å². The third kappa shape index (κ3) is 4.34. The molecule has 1 rings (SSSR count). The summed E-state index contributed by atoms with van der Waals surface area (Å²) in [4.78, 5) is 32.6. The lowest BCUT2D eigenvalue weighted by Gasteiger charge is -2.13. The molecule has 0 aliphatic rings. The van der Waals surface area contributed by atoms with Crippen LogP contribution in [0.15, 0.2) is 18.2 Å². The van der Waals surface area contributed by atoms with Gasteiger partial charge < -0.3 is 20.5 Å². The van der Waals surface area contributed by atoms with Gasteiger partial charge in [0.15, 0.2) is 5.75 Å². The highest BCUT2D eigenvalue weighted by Crippen LogP contribution is 2.29. The minimum atomic E-state index is -1.16. The van der Waals surface area contributed by atoms with Gasteiger partial charge in [-0.1, -0.05) is 6.92 Å². The van der Waals surface area contributed by atoms with Crippen LogP contribution >= 0.6 is 0 Å².